The summed E-state index contributed by atoms with van der Waals surface area (Å²) in [6, 6.07) is 9.84. The molecule has 1 rings (SSSR count). The highest BCUT2D eigenvalue weighted by molar-refractivity contribution is 8.47. The van der Waals surface area contributed by atoms with Crippen LogP contribution in [0.25, 0.3) is 0 Å². The van der Waals surface area contributed by atoms with E-state index in [1.165, 1.54) is 11.4 Å². The second-order valence-corrected chi connectivity index (χ2v) is 3.52. The van der Waals surface area contributed by atoms with Crippen LogP contribution in [0.5, 0.6) is 0 Å². The van der Waals surface area contributed by atoms with E-state index in [1.54, 1.807) is 0 Å². The first-order chi connectivity index (χ1) is 4.43. The number of hydrogen-bond acceptors (Lipinski definition) is 2. The highest BCUT2D eigenvalue weighted by Crippen LogP contribution is 2.32. The lowest BCUT2D eigenvalue weighted by molar-refractivity contribution is 0.660. The zero-order valence-electron chi connectivity index (χ0n) is 4.74. The van der Waals surface area contributed by atoms with E-state index in [-0.39, 0.29) is 8.01 Å². The van der Waals surface area contributed by atoms with Crippen LogP contribution in [0.3, 0.4) is 0 Å². The standard InChI is InChI=1S/C6H7OPS/c7-8-9-6-4-2-1-3-5-6/h1-5,7-8H. The molecule has 0 aliphatic rings. The molecule has 1 aromatic rings. The van der Waals surface area contributed by atoms with Crippen LogP contribution in [0.4, 0.5) is 0 Å². The molecular weight excluding hydrogens is 151 g/mol. The molecule has 0 aliphatic carbocycles. The van der Waals surface area contributed by atoms with Crippen molar-refractivity contribution in [2.75, 3.05) is 0 Å². The lowest BCUT2D eigenvalue weighted by Crippen LogP contribution is -1.61. The normalized spacial score (nSPS) is 10.8. The van der Waals surface area contributed by atoms with Crippen molar-refractivity contribution in [3.8, 4) is 0 Å². The van der Waals surface area contributed by atoms with Gasteiger partial charge in [-0.3, -0.25) is 0 Å². The van der Waals surface area contributed by atoms with E-state index in [1.807, 2.05) is 30.3 Å². The van der Waals surface area contributed by atoms with Crippen LogP contribution in [0, 0.1) is 0 Å². The number of benzene rings is 1. The summed E-state index contributed by atoms with van der Waals surface area (Å²) in [6.45, 7) is 0. The molecule has 1 aromatic carbocycles. The SMILES string of the molecule is OPSc1ccccc1. The summed E-state index contributed by atoms with van der Waals surface area (Å²) in [6.07, 6.45) is 0. The molecule has 3 heteroatoms. The van der Waals surface area contributed by atoms with Gasteiger partial charge in [0, 0.05) is 4.90 Å². The van der Waals surface area contributed by atoms with Crippen LogP contribution in [-0.4, -0.2) is 4.89 Å². The molecule has 0 radical (unpaired) electrons. The lowest BCUT2D eigenvalue weighted by atomic mass is 10.4. The highest BCUT2D eigenvalue weighted by atomic mass is 32.7. The molecule has 0 bridgehead atoms. The Morgan fingerprint density at radius 3 is 2.44 bits per heavy atom. The number of hydrogen-bond donors (Lipinski definition) is 1. The maximum Gasteiger partial charge on any atom is 0.0753 e. The third-order valence-electron chi connectivity index (χ3n) is 0.907. The van der Waals surface area contributed by atoms with Gasteiger partial charge < -0.3 is 4.89 Å². The fraction of sp³-hybridized carbons (Fsp3) is 0. The van der Waals surface area contributed by atoms with E-state index in [9.17, 15) is 0 Å². The molecule has 9 heavy (non-hydrogen) atoms. The molecule has 48 valence electrons. The minimum Gasteiger partial charge on any atom is -0.366 e. The second kappa shape index (κ2) is 3.89. The number of rotatable bonds is 2. The van der Waals surface area contributed by atoms with E-state index in [0.717, 1.165) is 4.90 Å². The van der Waals surface area contributed by atoms with Gasteiger partial charge in [0.15, 0.2) is 0 Å². The third kappa shape index (κ3) is 2.35. The quantitative estimate of drug-likeness (QED) is 0.666. The predicted octanol–water partition coefficient (Wildman–Crippen LogP) is 2.28. The van der Waals surface area contributed by atoms with Crippen molar-refractivity contribution in [2.24, 2.45) is 0 Å². The van der Waals surface area contributed by atoms with Gasteiger partial charge in [-0.25, -0.2) is 0 Å². The van der Waals surface area contributed by atoms with Crippen molar-refractivity contribution in [1.29, 1.82) is 0 Å². The van der Waals surface area contributed by atoms with Crippen LogP contribution in [-0.2, 0) is 0 Å². The summed E-state index contributed by atoms with van der Waals surface area (Å²) in [5, 5.41) is 0. The molecule has 1 N–H and O–H groups in total. The molecule has 0 spiro atoms. The summed E-state index contributed by atoms with van der Waals surface area (Å²) in [7, 11) is -0.0481. The van der Waals surface area contributed by atoms with Gasteiger partial charge in [-0.05, 0) is 12.1 Å². The molecule has 0 heterocycles. The van der Waals surface area contributed by atoms with Crippen molar-refractivity contribution in [3.05, 3.63) is 30.3 Å². The van der Waals surface area contributed by atoms with Gasteiger partial charge in [-0.2, -0.15) is 0 Å². The summed E-state index contributed by atoms with van der Waals surface area (Å²) in [5.41, 5.74) is 0. The Labute approximate surface area is 60.1 Å². The van der Waals surface area contributed by atoms with Gasteiger partial charge >= 0.3 is 0 Å². The average molecular weight is 158 g/mol. The Balaban J connectivity index is 2.61. The van der Waals surface area contributed by atoms with Gasteiger partial charge in [0.2, 0.25) is 0 Å². The first-order valence-electron chi connectivity index (χ1n) is 2.54. The van der Waals surface area contributed by atoms with Crippen molar-refractivity contribution >= 4 is 19.4 Å². The second-order valence-electron chi connectivity index (χ2n) is 1.51. The Hall–Kier alpha value is -0.0400. The van der Waals surface area contributed by atoms with Gasteiger partial charge in [0.05, 0.1) is 8.01 Å². The van der Waals surface area contributed by atoms with Crippen LogP contribution < -0.4 is 0 Å². The molecule has 1 atom stereocenters. The van der Waals surface area contributed by atoms with Crippen LogP contribution >= 0.6 is 19.4 Å². The van der Waals surface area contributed by atoms with Gasteiger partial charge in [-0.15, -0.1) is 0 Å². The predicted molar refractivity (Wildman–Crippen MR) is 42.8 cm³/mol. The van der Waals surface area contributed by atoms with Gasteiger partial charge in [0.25, 0.3) is 0 Å². The molecule has 0 aromatic heterocycles. The summed E-state index contributed by atoms with van der Waals surface area (Å²) < 4.78 is 0. The smallest absolute Gasteiger partial charge is 0.0753 e. The van der Waals surface area contributed by atoms with Crippen LogP contribution in [0.2, 0.25) is 0 Å². The Morgan fingerprint density at radius 1 is 1.22 bits per heavy atom. The van der Waals surface area contributed by atoms with E-state index >= 15 is 0 Å². The highest BCUT2D eigenvalue weighted by Gasteiger charge is 1.86. The molecular formula is C6H7OPS. The summed E-state index contributed by atoms with van der Waals surface area (Å²) in [4.78, 5) is 9.63. The van der Waals surface area contributed by atoms with Crippen molar-refractivity contribution in [1.82, 2.24) is 0 Å². The monoisotopic (exact) mass is 158 g/mol. The summed E-state index contributed by atoms with van der Waals surface area (Å²) in [5.74, 6) is 0. The molecule has 0 saturated carbocycles. The van der Waals surface area contributed by atoms with Crippen LogP contribution in [0.15, 0.2) is 35.2 Å². The maximum absolute atomic E-state index is 8.51. The Kier molecular flexibility index (Phi) is 3.05. The molecule has 1 unspecified atom stereocenters. The van der Waals surface area contributed by atoms with Gasteiger partial charge in [0.1, 0.15) is 0 Å². The van der Waals surface area contributed by atoms with E-state index < -0.39 is 0 Å². The fourth-order valence-electron chi connectivity index (χ4n) is 0.541. The molecule has 0 fully saturated rings. The zero-order chi connectivity index (χ0) is 6.53. The summed E-state index contributed by atoms with van der Waals surface area (Å²) >= 11 is 1.46. The van der Waals surface area contributed by atoms with Crippen molar-refractivity contribution in [3.63, 3.8) is 0 Å². The van der Waals surface area contributed by atoms with Gasteiger partial charge in [-0.1, -0.05) is 29.6 Å². The molecule has 1 nitrogen and oxygen atoms in total. The van der Waals surface area contributed by atoms with Crippen molar-refractivity contribution < 1.29 is 4.89 Å². The maximum atomic E-state index is 8.51. The topological polar surface area (TPSA) is 20.2 Å². The first kappa shape index (κ1) is 7.07. The van der Waals surface area contributed by atoms with E-state index in [2.05, 4.69) is 0 Å². The minimum atomic E-state index is -0.0481. The fourth-order valence-corrected chi connectivity index (χ4v) is 1.66. The average Bonchev–Trinajstić information content (AvgIpc) is 1.91. The first-order valence-corrected chi connectivity index (χ1v) is 5.03. The Morgan fingerprint density at radius 2 is 1.89 bits per heavy atom. The minimum absolute atomic E-state index is 0.0481. The molecule has 0 aliphatic heterocycles. The Bertz CT molecular complexity index is 166. The van der Waals surface area contributed by atoms with E-state index in [4.69, 9.17) is 4.89 Å². The van der Waals surface area contributed by atoms with Crippen molar-refractivity contribution in [2.45, 2.75) is 4.90 Å². The lowest BCUT2D eigenvalue weighted by Gasteiger charge is -1.92. The molecule has 0 amide bonds. The zero-order valence-corrected chi connectivity index (χ0v) is 6.56. The third-order valence-corrected chi connectivity index (χ3v) is 2.49. The van der Waals surface area contributed by atoms with Crippen LogP contribution in [0.1, 0.15) is 0 Å². The largest absolute Gasteiger partial charge is 0.366 e. The molecule has 0 saturated heterocycles. The van der Waals surface area contributed by atoms with E-state index in [0.29, 0.717) is 0 Å².